The second-order valence-electron chi connectivity index (χ2n) is 12.8. The van der Waals surface area contributed by atoms with E-state index in [-0.39, 0.29) is 0 Å². The zero-order valence-corrected chi connectivity index (χ0v) is 26.6. The van der Waals surface area contributed by atoms with E-state index in [0.29, 0.717) is 0 Å². The second-order valence-corrected chi connectivity index (χ2v) is 13.9. The van der Waals surface area contributed by atoms with Crippen molar-refractivity contribution in [3.05, 3.63) is 158 Å². The fraction of sp³-hybridized carbons (Fsp3) is 0. The van der Waals surface area contributed by atoms with Crippen LogP contribution in [0.5, 0.6) is 0 Å². The molecule has 0 bridgehead atoms. The quantitative estimate of drug-likeness (QED) is 0.174. The molecule has 0 spiro atoms. The Morgan fingerprint density at radius 2 is 0.896 bits per heavy atom. The Balaban J connectivity index is 1.16. The van der Waals surface area contributed by atoms with Gasteiger partial charge in [-0.3, -0.25) is 0 Å². The Kier molecular flexibility index (Phi) is 5.32. The molecule has 0 aliphatic heterocycles. The van der Waals surface area contributed by atoms with Gasteiger partial charge >= 0.3 is 0 Å². The van der Waals surface area contributed by atoms with Gasteiger partial charge in [-0.15, -0.1) is 11.3 Å². The lowest BCUT2D eigenvalue weighted by Crippen LogP contribution is -1.91. The zero-order chi connectivity index (χ0) is 31.3. The third kappa shape index (κ3) is 3.66. The molecule has 0 aliphatic carbocycles. The normalized spacial score (nSPS) is 12.2. The molecule has 0 saturated carbocycles. The summed E-state index contributed by atoms with van der Waals surface area (Å²) in [6.07, 6.45) is 0. The smallest absolute Gasteiger partial charge is 0.136 e. The van der Waals surface area contributed by atoms with Crippen LogP contribution in [0.2, 0.25) is 0 Å². The Hall–Kier alpha value is -5.96. The predicted octanol–water partition coefficient (Wildman–Crippen LogP) is 13.9. The van der Waals surface area contributed by atoms with E-state index < -0.39 is 0 Å². The molecule has 11 rings (SSSR count). The molecule has 0 saturated heterocycles. The fourth-order valence-corrected chi connectivity index (χ4v) is 9.20. The number of fused-ring (bicyclic) bond motifs is 11. The van der Waals surface area contributed by atoms with Gasteiger partial charge in [-0.25, -0.2) is 0 Å². The summed E-state index contributed by atoms with van der Waals surface area (Å²) in [4.78, 5) is 0. The van der Waals surface area contributed by atoms with Crippen LogP contribution in [0.25, 0.3) is 107 Å². The first-order chi connectivity index (χ1) is 23.8. The summed E-state index contributed by atoms with van der Waals surface area (Å²) in [5.41, 5.74) is 6.78. The van der Waals surface area contributed by atoms with E-state index in [4.69, 9.17) is 4.42 Å². The molecule has 48 heavy (non-hydrogen) atoms. The molecular formula is C46H26OS. The predicted molar refractivity (Wildman–Crippen MR) is 208 cm³/mol. The van der Waals surface area contributed by atoms with E-state index >= 15 is 0 Å². The second kappa shape index (κ2) is 9.78. The highest BCUT2D eigenvalue weighted by Gasteiger charge is 2.19. The minimum Gasteiger partial charge on any atom is -0.456 e. The fourth-order valence-electron chi connectivity index (χ4n) is 8.07. The van der Waals surface area contributed by atoms with E-state index in [9.17, 15) is 0 Å². The Morgan fingerprint density at radius 3 is 1.62 bits per heavy atom. The highest BCUT2D eigenvalue weighted by Crippen LogP contribution is 2.46. The van der Waals surface area contributed by atoms with Crippen LogP contribution >= 0.6 is 11.3 Å². The van der Waals surface area contributed by atoms with Gasteiger partial charge in [0.2, 0.25) is 0 Å². The first-order valence-corrected chi connectivity index (χ1v) is 17.2. The highest BCUT2D eigenvalue weighted by atomic mass is 32.1. The van der Waals surface area contributed by atoms with E-state index in [2.05, 4.69) is 158 Å². The minimum absolute atomic E-state index is 0.918. The first-order valence-electron chi connectivity index (χ1n) is 16.4. The monoisotopic (exact) mass is 626 g/mol. The lowest BCUT2D eigenvalue weighted by molar-refractivity contribution is 0.669. The van der Waals surface area contributed by atoms with Crippen molar-refractivity contribution >= 4 is 96.5 Å². The average molecular weight is 627 g/mol. The molecule has 11 aromatic rings. The number of benzene rings is 9. The van der Waals surface area contributed by atoms with Gasteiger partial charge < -0.3 is 4.42 Å². The third-order valence-corrected chi connectivity index (χ3v) is 11.3. The average Bonchev–Trinajstić information content (AvgIpc) is 3.69. The van der Waals surface area contributed by atoms with Gasteiger partial charge in [-0.05, 0) is 102 Å². The maximum atomic E-state index is 6.67. The van der Waals surface area contributed by atoms with E-state index in [1.807, 2.05) is 11.3 Å². The molecule has 2 heteroatoms. The molecule has 0 amide bonds. The van der Waals surface area contributed by atoms with Crippen LogP contribution in [0.4, 0.5) is 0 Å². The van der Waals surface area contributed by atoms with E-state index in [0.717, 1.165) is 27.5 Å². The molecule has 0 radical (unpaired) electrons. The minimum atomic E-state index is 0.918. The number of furan rings is 1. The summed E-state index contributed by atoms with van der Waals surface area (Å²) in [5, 5.41) is 15.0. The molecule has 222 valence electrons. The Labute approximate surface area is 279 Å². The summed E-state index contributed by atoms with van der Waals surface area (Å²) < 4.78 is 9.24. The molecular weight excluding hydrogens is 601 g/mol. The van der Waals surface area contributed by atoms with Gasteiger partial charge in [-0.1, -0.05) is 121 Å². The molecule has 2 aromatic heterocycles. The topological polar surface area (TPSA) is 13.1 Å². The number of rotatable bonds is 2. The van der Waals surface area contributed by atoms with Crippen molar-refractivity contribution in [1.82, 2.24) is 0 Å². The van der Waals surface area contributed by atoms with Crippen molar-refractivity contribution in [3.8, 4) is 22.3 Å². The van der Waals surface area contributed by atoms with Crippen molar-refractivity contribution in [2.24, 2.45) is 0 Å². The molecule has 0 N–H and O–H groups in total. The Bertz CT molecular complexity index is 3060. The number of hydrogen-bond acceptors (Lipinski definition) is 2. The lowest BCUT2D eigenvalue weighted by Gasteiger charge is -2.18. The van der Waals surface area contributed by atoms with Crippen LogP contribution in [0.3, 0.4) is 0 Å². The van der Waals surface area contributed by atoms with Crippen LogP contribution in [-0.2, 0) is 0 Å². The van der Waals surface area contributed by atoms with Gasteiger partial charge in [0.25, 0.3) is 0 Å². The molecule has 1 nitrogen and oxygen atoms in total. The van der Waals surface area contributed by atoms with Crippen molar-refractivity contribution in [3.63, 3.8) is 0 Å². The molecule has 2 heterocycles. The van der Waals surface area contributed by atoms with Gasteiger partial charge in [0.15, 0.2) is 0 Å². The maximum Gasteiger partial charge on any atom is 0.136 e. The number of thiophene rings is 1. The lowest BCUT2D eigenvalue weighted by atomic mass is 9.85. The Morgan fingerprint density at radius 1 is 0.333 bits per heavy atom. The van der Waals surface area contributed by atoms with Gasteiger partial charge in [0.1, 0.15) is 11.2 Å². The van der Waals surface area contributed by atoms with Crippen LogP contribution in [-0.4, -0.2) is 0 Å². The largest absolute Gasteiger partial charge is 0.456 e. The summed E-state index contributed by atoms with van der Waals surface area (Å²) in [7, 11) is 0. The summed E-state index contributed by atoms with van der Waals surface area (Å²) in [6.45, 7) is 0. The highest BCUT2D eigenvalue weighted by molar-refractivity contribution is 7.26. The van der Waals surface area contributed by atoms with Crippen molar-refractivity contribution < 1.29 is 4.42 Å². The van der Waals surface area contributed by atoms with Crippen LogP contribution in [0.15, 0.2) is 162 Å². The van der Waals surface area contributed by atoms with Gasteiger partial charge in [0, 0.05) is 30.9 Å². The van der Waals surface area contributed by atoms with Gasteiger partial charge in [0.05, 0.1) is 0 Å². The standard InChI is InChI=1S/C46H26OS/c1-2-11-29-23-30(18-17-27(29)9-1)44-34-13-5-7-15-36(34)45(37-16-8-6-14-35(37)44)31-19-21-33-38-25-39-43(26-41(38)47-40(33)24-31)48-42-22-20-28-10-3-4-12-32(28)46(39)42/h1-26H. The zero-order valence-electron chi connectivity index (χ0n) is 25.8. The summed E-state index contributed by atoms with van der Waals surface area (Å²) in [5.74, 6) is 0. The van der Waals surface area contributed by atoms with E-state index in [1.165, 1.54) is 80.0 Å². The first kappa shape index (κ1) is 26.1. The maximum absolute atomic E-state index is 6.67. The third-order valence-electron chi connectivity index (χ3n) is 10.2. The number of hydrogen-bond donors (Lipinski definition) is 0. The SMILES string of the molecule is c1ccc2cc(-c3c4ccccc4c(-c4ccc5c(c4)oc4cc6sc7ccc8ccccc8c7c6cc45)c4ccccc34)ccc2c1. The molecule has 0 fully saturated rings. The van der Waals surface area contributed by atoms with E-state index in [1.54, 1.807) is 0 Å². The molecule has 0 unspecified atom stereocenters. The summed E-state index contributed by atoms with van der Waals surface area (Å²) in [6, 6.07) is 57.8. The molecule has 0 atom stereocenters. The van der Waals surface area contributed by atoms with Crippen LogP contribution < -0.4 is 0 Å². The van der Waals surface area contributed by atoms with Crippen molar-refractivity contribution in [2.45, 2.75) is 0 Å². The van der Waals surface area contributed by atoms with Gasteiger partial charge in [-0.2, -0.15) is 0 Å². The summed E-state index contributed by atoms with van der Waals surface area (Å²) >= 11 is 1.84. The molecule has 9 aromatic carbocycles. The van der Waals surface area contributed by atoms with Crippen LogP contribution in [0, 0.1) is 0 Å². The molecule has 0 aliphatic rings. The van der Waals surface area contributed by atoms with Crippen LogP contribution in [0.1, 0.15) is 0 Å². The van der Waals surface area contributed by atoms with Crippen molar-refractivity contribution in [1.29, 1.82) is 0 Å². The van der Waals surface area contributed by atoms with Crippen molar-refractivity contribution in [2.75, 3.05) is 0 Å².